The monoisotopic (exact) mass is 472 g/mol. The lowest BCUT2D eigenvalue weighted by Crippen LogP contribution is -2.40. The maximum absolute atomic E-state index is 5.94. The van der Waals surface area contributed by atoms with Gasteiger partial charge in [0.1, 0.15) is 24.5 Å². The number of nitrogens with one attached hydrogen (secondary N) is 1. The van der Waals surface area contributed by atoms with Crippen LogP contribution < -0.4 is 10.1 Å². The van der Waals surface area contributed by atoms with Crippen molar-refractivity contribution in [1.29, 1.82) is 0 Å². The van der Waals surface area contributed by atoms with E-state index in [1.165, 1.54) is 5.56 Å². The summed E-state index contributed by atoms with van der Waals surface area (Å²) in [5.74, 6) is 3.06. The van der Waals surface area contributed by atoms with Gasteiger partial charge in [0.25, 0.3) is 0 Å². The number of hydrogen-bond acceptors (Lipinski definition) is 4. The van der Waals surface area contributed by atoms with E-state index in [-0.39, 0.29) is 24.0 Å². The van der Waals surface area contributed by atoms with Crippen LogP contribution in [0.3, 0.4) is 0 Å². The van der Waals surface area contributed by atoms with Crippen LogP contribution in [-0.2, 0) is 13.6 Å². The molecular weight excluding hydrogens is 443 g/mol. The molecule has 7 nitrogen and oxygen atoms in total. The highest BCUT2D eigenvalue weighted by Gasteiger charge is 2.10. The summed E-state index contributed by atoms with van der Waals surface area (Å²) in [5, 5.41) is 7.40. The Kier molecular flexibility index (Phi) is 9.39. The van der Waals surface area contributed by atoms with Crippen LogP contribution in [0.25, 0.3) is 0 Å². The van der Waals surface area contributed by atoms with Gasteiger partial charge in [-0.2, -0.15) is 5.10 Å². The third-order valence-electron chi connectivity index (χ3n) is 3.94. The molecule has 0 aliphatic heterocycles. The number of ether oxygens (including phenoxy) is 1. The first-order chi connectivity index (χ1) is 12.0. The fourth-order valence-electron chi connectivity index (χ4n) is 2.55. The molecule has 0 bridgehead atoms. The predicted molar refractivity (Wildman–Crippen MR) is 115 cm³/mol. The summed E-state index contributed by atoms with van der Waals surface area (Å²) in [6, 6.07) is 8.18. The Balaban J connectivity index is 0.00000338. The molecule has 1 aromatic heterocycles. The number of nitrogens with zero attached hydrogens (tertiary/aromatic N) is 5. The van der Waals surface area contributed by atoms with Crippen LogP contribution in [0, 0.1) is 0 Å². The number of guanidine groups is 1. The summed E-state index contributed by atoms with van der Waals surface area (Å²) in [6.45, 7) is 6.21. The third kappa shape index (κ3) is 6.15. The molecule has 0 amide bonds. The van der Waals surface area contributed by atoms with Crippen molar-refractivity contribution in [2.75, 3.05) is 27.2 Å². The standard InChI is InChI=1S/C18H28N6O.HI/c1-14(2)15-8-6-7-9-16(15)25-11-10-20-18(19-3)23(4)12-17-21-13-22-24(17)5;/h6-9,13-14H,10-12H2,1-5H3,(H,19,20);1H. The van der Waals surface area contributed by atoms with Crippen molar-refractivity contribution >= 4 is 29.9 Å². The number of hydrogen-bond donors (Lipinski definition) is 1. The van der Waals surface area contributed by atoms with Gasteiger partial charge in [0.15, 0.2) is 5.96 Å². The maximum Gasteiger partial charge on any atom is 0.193 e. The van der Waals surface area contributed by atoms with E-state index in [4.69, 9.17) is 4.74 Å². The number of benzene rings is 1. The minimum absolute atomic E-state index is 0. The first-order valence-corrected chi connectivity index (χ1v) is 8.49. The van der Waals surface area contributed by atoms with Gasteiger partial charge in [-0.25, -0.2) is 4.98 Å². The van der Waals surface area contributed by atoms with Crippen molar-refractivity contribution in [2.24, 2.45) is 12.0 Å². The second-order valence-electron chi connectivity index (χ2n) is 6.17. The number of para-hydroxylation sites is 1. The molecule has 1 N–H and O–H groups in total. The van der Waals surface area contributed by atoms with Crippen LogP contribution in [-0.4, -0.2) is 52.9 Å². The van der Waals surface area contributed by atoms with Gasteiger partial charge in [0.05, 0.1) is 13.1 Å². The Morgan fingerprint density at radius 1 is 1.35 bits per heavy atom. The SMILES string of the molecule is CN=C(NCCOc1ccccc1C(C)C)N(C)Cc1ncnn1C.I. The van der Waals surface area contributed by atoms with E-state index in [0.717, 1.165) is 17.5 Å². The van der Waals surface area contributed by atoms with E-state index in [1.807, 2.05) is 37.2 Å². The van der Waals surface area contributed by atoms with Gasteiger partial charge in [0.2, 0.25) is 0 Å². The Morgan fingerprint density at radius 3 is 2.69 bits per heavy atom. The molecular formula is C18H29IN6O. The van der Waals surface area contributed by atoms with Crippen molar-refractivity contribution in [1.82, 2.24) is 25.0 Å². The molecule has 0 fully saturated rings. The Morgan fingerprint density at radius 2 is 2.08 bits per heavy atom. The van der Waals surface area contributed by atoms with Gasteiger partial charge in [0, 0.05) is 21.1 Å². The zero-order chi connectivity index (χ0) is 18.2. The lowest BCUT2D eigenvalue weighted by atomic mass is 10.0. The Hall–Kier alpha value is -1.84. The van der Waals surface area contributed by atoms with Gasteiger partial charge in [-0.15, -0.1) is 24.0 Å². The van der Waals surface area contributed by atoms with Gasteiger partial charge in [-0.05, 0) is 17.5 Å². The fraction of sp³-hybridized carbons (Fsp3) is 0.500. The molecule has 144 valence electrons. The van der Waals surface area contributed by atoms with Crippen molar-refractivity contribution in [3.63, 3.8) is 0 Å². The maximum atomic E-state index is 5.94. The van der Waals surface area contributed by atoms with E-state index >= 15 is 0 Å². The summed E-state index contributed by atoms with van der Waals surface area (Å²) < 4.78 is 7.70. The molecule has 2 aromatic rings. The van der Waals surface area contributed by atoms with Gasteiger partial charge in [-0.3, -0.25) is 9.67 Å². The first-order valence-electron chi connectivity index (χ1n) is 8.49. The first kappa shape index (κ1) is 22.2. The summed E-state index contributed by atoms with van der Waals surface area (Å²) in [4.78, 5) is 10.6. The lowest BCUT2D eigenvalue weighted by molar-refractivity contribution is 0.314. The summed E-state index contributed by atoms with van der Waals surface area (Å²) in [5.41, 5.74) is 1.23. The average Bonchev–Trinajstić information content (AvgIpc) is 3.00. The third-order valence-corrected chi connectivity index (χ3v) is 3.94. The van der Waals surface area contributed by atoms with Crippen LogP contribution in [0.1, 0.15) is 31.2 Å². The molecule has 0 saturated heterocycles. The number of rotatable bonds is 7. The normalized spacial score (nSPS) is 11.2. The molecule has 0 radical (unpaired) electrons. The topological polar surface area (TPSA) is 67.6 Å². The zero-order valence-corrected chi connectivity index (χ0v) is 18.5. The van der Waals surface area contributed by atoms with E-state index in [0.29, 0.717) is 25.6 Å². The molecule has 1 heterocycles. The largest absolute Gasteiger partial charge is 0.491 e. The molecule has 0 atom stereocenters. The van der Waals surface area contributed by atoms with Gasteiger partial charge < -0.3 is 15.0 Å². The molecule has 0 saturated carbocycles. The van der Waals surface area contributed by atoms with E-state index in [9.17, 15) is 0 Å². The molecule has 0 spiro atoms. The highest BCUT2D eigenvalue weighted by molar-refractivity contribution is 14.0. The second-order valence-corrected chi connectivity index (χ2v) is 6.17. The van der Waals surface area contributed by atoms with Crippen LogP contribution in [0.2, 0.25) is 0 Å². The predicted octanol–water partition coefficient (Wildman–Crippen LogP) is 2.64. The molecule has 2 rings (SSSR count). The molecule has 8 heteroatoms. The minimum Gasteiger partial charge on any atom is -0.491 e. The number of aryl methyl sites for hydroxylation is 1. The van der Waals surface area contributed by atoms with E-state index in [2.05, 4.69) is 40.3 Å². The van der Waals surface area contributed by atoms with Gasteiger partial charge in [-0.1, -0.05) is 32.0 Å². The van der Waals surface area contributed by atoms with Crippen LogP contribution in [0.15, 0.2) is 35.6 Å². The van der Waals surface area contributed by atoms with E-state index in [1.54, 1.807) is 18.1 Å². The van der Waals surface area contributed by atoms with Crippen molar-refractivity contribution in [3.05, 3.63) is 42.0 Å². The molecule has 0 unspecified atom stereocenters. The second kappa shape index (κ2) is 11.0. The van der Waals surface area contributed by atoms with E-state index < -0.39 is 0 Å². The number of halogens is 1. The van der Waals surface area contributed by atoms with Crippen molar-refractivity contribution in [3.8, 4) is 5.75 Å². The quantitative estimate of drug-likeness (QED) is 0.291. The highest BCUT2D eigenvalue weighted by Crippen LogP contribution is 2.25. The highest BCUT2D eigenvalue weighted by atomic mass is 127. The Bertz CT molecular complexity index is 700. The molecule has 26 heavy (non-hydrogen) atoms. The molecule has 0 aliphatic carbocycles. The number of aliphatic imine (C=N–C) groups is 1. The number of aromatic nitrogens is 3. The molecule has 0 aliphatic rings. The average molecular weight is 472 g/mol. The fourth-order valence-corrected chi connectivity index (χ4v) is 2.55. The van der Waals surface area contributed by atoms with Crippen molar-refractivity contribution < 1.29 is 4.74 Å². The van der Waals surface area contributed by atoms with Crippen LogP contribution in [0.5, 0.6) is 5.75 Å². The lowest BCUT2D eigenvalue weighted by Gasteiger charge is -2.21. The zero-order valence-electron chi connectivity index (χ0n) is 16.1. The minimum atomic E-state index is 0. The molecule has 1 aromatic carbocycles. The summed E-state index contributed by atoms with van der Waals surface area (Å²) in [7, 11) is 5.62. The van der Waals surface area contributed by atoms with Crippen LogP contribution >= 0.6 is 24.0 Å². The summed E-state index contributed by atoms with van der Waals surface area (Å²) >= 11 is 0. The van der Waals surface area contributed by atoms with Crippen molar-refractivity contribution in [2.45, 2.75) is 26.3 Å². The van der Waals surface area contributed by atoms with Crippen LogP contribution in [0.4, 0.5) is 0 Å². The van der Waals surface area contributed by atoms with Gasteiger partial charge >= 0.3 is 0 Å². The smallest absolute Gasteiger partial charge is 0.193 e. The summed E-state index contributed by atoms with van der Waals surface area (Å²) in [6.07, 6.45) is 1.55. The Labute approximate surface area is 172 Å².